The lowest BCUT2D eigenvalue weighted by molar-refractivity contribution is -0.362. The van der Waals surface area contributed by atoms with Crippen molar-refractivity contribution in [3.8, 4) is 5.75 Å². The zero-order valence-electron chi connectivity index (χ0n) is 33.6. The van der Waals surface area contributed by atoms with Gasteiger partial charge in [0.15, 0.2) is 12.2 Å². The van der Waals surface area contributed by atoms with Gasteiger partial charge in [-0.25, -0.2) is 19.2 Å². The second-order valence-corrected chi connectivity index (χ2v) is 14.4. The van der Waals surface area contributed by atoms with Crippen molar-refractivity contribution in [2.75, 3.05) is 7.11 Å². The molecule has 1 aliphatic heterocycles. The van der Waals surface area contributed by atoms with Crippen LogP contribution in [0.2, 0.25) is 0 Å². The summed E-state index contributed by atoms with van der Waals surface area (Å²) < 4.78 is 36.7. The highest BCUT2D eigenvalue weighted by atomic mass is 16.7. The van der Waals surface area contributed by atoms with Crippen LogP contribution in [0.25, 0.3) is 0 Å². The number of hydrogen-bond donors (Lipinski definition) is 1. The zero-order chi connectivity index (χ0) is 42.9. The molecule has 6 atom stereocenters. The van der Waals surface area contributed by atoms with E-state index in [9.17, 15) is 24.3 Å². The highest BCUT2D eigenvalue weighted by Gasteiger charge is 2.63. The lowest BCUT2D eigenvalue weighted by Gasteiger charge is -2.50. The fraction of sp³-hybridized carbons (Fsp3) is 0.204. The van der Waals surface area contributed by atoms with Gasteiger partial charge in [0, 0.05) is 5.69 Å². The summed E-state index contributed by atoms with van der Waals surface area (Å²) in [5.41, 5.74) is 2.15. The summed E-state index contributed by atoms with van der Waals surface area (Å²) in [5, 5.41) is 13.4. The molecule has 1 aromatic heterocycles. The van der Waals surface area contributed by atoms with Gasteiger partial charge in [-0.3, -0.25) is 4.98 Å². The molecule has 1 saturated heterocycles. The third-order valence-electron chi connectivity index (χ3n) is 10.2. The molecule has 12 heteroatoms. The van der Waals surface area contributed by atoms with Gasteiger partial charge in [0.05, 0.1) is 29.4 Å². The summed E-state index contributed by atoms with van der Waals surface area (Å²) in [6.07, 6.45) is -8.15. The molecule has 1 aliphatic rings. The Morgan fingerprint density at radius 3 is 1.57 bits per heavy atom. The molecule has 7 rings (SSSR count). The molecule has 0 amide bonds. The van der Waals surface area contributed by atoms with Crippen LogP contribution in [-0.4, -0.2) is 71.6 Å². The van der Waals surface area contributed by atoms with E-state index in [1.165, 1.54) is 43.3 Å². The highest BCUT2D eigenvalue weighted by Crippen LogP contribution is 2.44. The number of aromatic nitrogens is 1. The van der Waals surface area contributed by atoms with E-state index < -0.39 is 60.2 Å². The monoisotopic (exact) mass is 821 g/mol. The molecule has 0 unspecified atom stereocenters. The first kappa shape index (κ1) is 42.0. The number of ether oxygens (including phenoxy) is 6. The molecule has 6 aromatic rings. The Bertz CT molecular complexity index is 2450. The van der Waals surface area contributed by atoms with Gasteiger partial charge >= 0.3 is 23.9 Å². The first-order valence-electron chi connectivity index (χ1n) is 19.6. The summed E-state index contributed by atoms with van der Waals surface area (Å²) in [4.78, 5) is 60.8. The van der Waals surface area contributed by atoms with Gasteiger partial charge in [0.2, 0.25) is 6.10 Å². The fourth-order valence-corrected chi connectivity index (χ4v) is 7.06. The largest absolute Gasteiger partial charge is 0.497 e. The highest BCUT2D eigenvalue weighted by molar-refractivity contribution is 5.91. The molecule has 0 radical (unpaired) electrons. The molecular weight excluding hydrogens is 779 g/mol. The molecule has 0 aliphatic carbocycles. The second kappa shape index (κ2) is 18.8. The summed E-state index contributed by atoms with van der Waals surface area (Å²) >= 11 is 0. The lowest BCUT2D eigenvalue weighted by atomic mass is 9.85. The number of methoxy groups -OCH3 is 1. The van der Waals surface area contributed by atoms with Gasteiger partial charge in [0.1, 0.15) is 23.7 Å². The van der Waals surface area contributed by atoms with Crippen LogP contribution in [-0.2, 0) is 35.9 Å². The molecule has 1 fully saturated rings. The molecule has 0 bridgehead atoms. The molecule has 5 aromatic carbocycles. The molecule has 0 spiro atoms. The topological polar surface area (TPSA) is 157 Å². The van der Waals surface area contributed by atoms with Gasteiger partial charge in [-0.2, -0.15) is 0 Å². The second-order valence-electron chi connectivity index (χ2n) is 14.4. The van der Waals surface area contributed by atoms with E-state index in [4.69, 9.17) is 33.4 Å². The minimum Gasteiger partial charge on any atom is -0.497 e. The Morgan fingerprint density at radius 1 is 0.623 bits per heavy atom. The molecule has 12 nitrogen and oxygen atoms in total. The number of nitrogens with zero attached hydrogens (tertiary/aromatic N) is 1. The number of carbonyl (C=O) groups excluding carboxylic acids is 4. The van der Waals surface area contributed by atoms with Gasteiger partial charge < -0.3 is 33.5 Å². The summed E-state index contributed by atoms with van der Waals surface area (Å²) in [5.74, 6) is -5.57. The molecule has 61 heavy (non-hydrogen) atoms. The Labute approximate surface area is 352 Å². The SMILES string of the molecule is COc1ccc(Cc2ccc(C)nc2[C@@]2(O)O[C@H]([C@H](C)OC(=O)c3ccccc3)[C@@H](OC(=O)c3ccccc3)[C@H](OC(=O)c3ccccc3)[C@H]2OC(=O)c2ccccc2)cc1. The predicted octanol–water partition coefficient (Wildman–Crippen LogP) is 7.46. The lowest BCUT2D eigenvalue weighted by Crippen LogP contribution is -2.68. The van der Waals surface area contributed by atoms with Gasteiger partial charge in [-0.05, 0) is 98.1 Å². The quantitative estimate of drug-likeness (QED) is 0.0908. The molecule has 310 valence electrons. The van der Waals surface area contributed by atoms with Crippen molar-refractivity contribution < 1.29 is 52.7 Å². The number of aliphatic hydroxyl groups is 1. The van der Waals surface area contributed by atoms with Crippen molar-refractivity contribution in [1.29, 1.82) is 0 Å². The van der Waals surface area contributed by atoms with E-state index >= 15 is 0 Å². The number of hydrogen-bond acceptors (Lipinski definition) is 12. The summed E-state index contributed by atoms with van der Waals surface area (Å²) in [6, 6.07) is 43.0. The van der Waals surface area contributed by atoms with Crippen LogP contribution in [0.1, 0.15) is 70.9 Å². The number of pyridine rings is 1. The zero-order valence-corrected chi connectivity index (χ0v) is 33.6. The average molecular weight is 822 g/mol. The number of benzene rings is 5. The van der Waals surface area contributed by atoms with Crippen molar-refractivity contribution in [2.45, 2.75) is 56.6 Å². The van der Waals surface area contributed by atoms with Crippen LogP contribution in [0.3, 0.4) is 0 Å². The first-order valence-corrected chi connectivity index (χ1v) is 19.6. The van der Waals surface area contributed by atoms with Gasteiger partial charge in [-0.15, -0.1) is 0 Å². The third-order valence-corrected chi connectivity index (χ3v) is 10.2. The number of rotatable bonds is 13. The fourth-order valence-electron chi connectivity index (χ4n) is 7.06. The third kappa shape index (κ3) is 9.67. The van der Waals surface area contributed by atoms with Crippen LogP contribution in [0.4, 0.5) is 0 Å². The van der Waals surface area contributed by atoms with Gasteiger partial charge in [-0.1, -0.05) is 91.0 Å². The van der Waals surface area contributed by atoms with E-state index in [-0.39, 0.29) is 34.4 Å². The van der Waals surface area contributed by atoms with Crippen LogP contribution < -0.4 is 4.74 Å². The van der Waals surface area contributed by atoms with Crippen molar-refractivity contribution >= 4 is 23.9 Å². The number of aryl methyl sites for hydroxylation is 1. The minimum atomic E-state index is -2.76. The molecular formula is C49H43NO11. The van der Waals surface area contributed by atoms with E-state index in [1.54, 1.807) is 123 Å². The molecule has 0 saturated carbocycles. The first-order chi connectivity index (χ1) is 29.5. The van der Waals surface area contributed by atoms with Crippen LogP contribution in [0.15, 0.2) is 158 Å². The summed E-state index contributed by atoms with van der Waals surface area (Å²) in [6.45, 7) is 3.19. The number of carbonyl (C=O) groups is 4. The Hall–Kier alpha value is -7.15. The maximum Gasteiger partial charge on any atom is 0.338 e. The van der Waals surface area contributed by atoms with E-state index in [1.807, 2.05) is 12.1 Å². The average Bonchev–Trinajstić information content (AvgIpc) is 3.30. The van der Waals surface area contributed by atoms with Crippen LogP contribution in [0.5, 0.6) is 5.75 Å². The Balaban J connectivity index is 1.42. The predicted molar refractivity (Wildman–Crippen MR) is 222 cm³/mol. The molecule has 2 heterocycles. The van der Waals surface area contributed by atoms with Crippen LogP contribution in [0, 0.1) is 6.92 Å². The van der Waals surface area contributed by atoms with E-state index in [0.29, 0.717) is 17.0 Å². The Morgan fingerprint density at radius 2 is 1.08 bits per heavy atom. The smallest absolute Gasteiger partial charge is 0.338 e. The summed E-state index contributed by atoms with van der Waals surface area (Å²) in [7, 11) is 1.56. The van der Waals surface area contributed by atoms with Crippen molar-refractivity contribution in [2.24, 2.45) is 0 Å². The van der Waals surface area contributed by atoms with Crippen LogP contribution >= 0.6 is 0 Å². The molecule has 1 N–H and O–H groups in total. The van der Waals surface area contributed by atoms with E-state index in [2.05, 4.69) is 0 Å². The van der Waals surface area contributed by atoms with Crippen molar-refractivity contribution in [3.05, 3.63) is 202 Å². The minimum absolute atomic E-state index is 0.0886. The standard InChI is InChI=1S/C49H43NO11/c1-31-24-27-38(30-33-25-28-39(56-3)29-26-33)43(50-31)49(55)44(60-48(54)37-22-14-7-15-23-37)42(59-47(53)36-20-12-6-13-21-36)41(58-46(52)35-18-10-5-11-19-35)40(61-49)32(2)57-45(51)34-16-8-4-9-17-34/h4-29,32,40-42,44,55H,30H2,1-3H3/t32-,40+,41+,42-,44+,49+/m0/s1. The maximum absolute atomic E-state index is 14.2. The normalized spacial score (nSPS) is 20.1. The Kier molecular flexibility index (Phi) is 13.0. The maximum atomic E-state index is 14.2. The number of esters is 4. The van der Waals surface area contributed by atoms with Gasteiger partial charge in [0.25, 0.3) is 5.79 Å². The van der Waals surface area contributed by atoms with Crippen molar-refractivity contribution in [3.63, 3.8) is 0 Å². The van der Waals surface area contributed by atoms with E-state index in [0.717, 1.165) is 5.56 Å². The van der Waals surface area contributed by atoms with Crippen molar-refractivity contribution in [1.82, 2.24) is 4.98 Å².